The fourth-order valence-corrected chi connectivity index (χ4v) is 6.06. The second-order valence-corrected chi connectivity index (χ2v) is 12.2. The number of nitrogens with zero attached hydrogens (tertiary/aromatic N) is 2. The summed E-state index contributed by atoms with van der Waals surface area (Å²) in [4.78, 5) is 45.7. The van der Waals surface area contributed by atoms with Gasteiger partial charge in [-0.15, -0.1) is 11.3 Å². The van der Waals surface area contributed by atoms with E-state index in [4.69, 9.17) is 4.98 Å². The third kappa shape index (κ3) is 10.7. The first kappa shape index (κ1) is 36.3. The number of nitrogens with one attached hydrogen (secondary N) is 4. The SMILES string of the molecule is C=C(CN1CCCCC1)C(=O)NC[C@@H](NC(=O)[C@H](Cc1nc2ccc(C(C)C)cc2s1)NC(=O)NC)C(C[CH2-])C[CH2-].[U+2]. The Morgan fingerprint density at radius 1 is 1.10 bits per heavy atom. The van der Waals surface area contributed by atoms with E-state index in [2.05, 4.69) is 72.6 Å². The molecule has 4 N–H and O–H groups in total. The molecule has 0 saturated carbocycles. The number of aromatic nitrogens is 1. The Bertz CT molecular complexity index is 1190. The zero-order valence-corrected chi connectivity index (χ0v) is 30.2. The molecule has 2 aromatic rings. The van der Waals surface area contributed by atoms with Crippen molar-refractivity contribution >= 4 is 39.4 Å². The molecule has 1 aromatic heterocycles. The number of piperidine rings is 1. The molecular formula is C31H46N6O3SU. The van der Waals surface area contributed by atoms with Crippen LogP contribution in [0.2, 0.25) is 0 Å². The molecule has 11 heteroatoms. The van der Waals surface area contributed by atoms with Crippen molar-refractivity contribution < 1.29 is 45.5 Å². The average Bonchev–Trinajstić information content (AvgIpc) is 3.37. The number of rotatable bonds is 14. The molecule has 1 fully saturated rings. The van der Waals surface area contributed by atoms with Crippen molar-refractivity contribution in [1.82, 2.24) is 31.2 Å². The van der Waals surface area contributed by atoms with Gasteiger partial charge in [0.15, 0.2) is 0 Å². The molecule has 2 atom stereocenters. The maximum absolute atomic E-state index is 13.6. The number of urea groups is 1. The van der Waals surface area contributed by atoms with Crippen molar-refractivity contribution in [3.05, 3.63) is 54.8 Å². The summed E-state index contributed by atoms with van der Waals surface area (Å²) in [5, 5.41) is 12.1. The van der Waals surface area contributed by atoms with Crippen LogP contribution in [0.3, 0.4) is 0 Å². The molecule has 1 aliphatic rings. The summed E-state index contributed by atoms with van der Waals surface area (Å²) in [5.74, 6) is -0.245. The first-order chi connectivity index (χ1) is 19.6. The van der Waals surface area contributed by atoms with E-state index >= 15 is 0 Å². The maximum atomic E-state index is 13.6. The van der Waals surface area contributed by atoms with Gasteiger partial charge >= 0.3 is 37.1 Å². The standard InChI is InChI=1S/C31H46N6O3S.U/c1-7-22(8-2)26(18-33-29(38)21(5)19-37-14-10-9-11-15-37)35-30(39)25(36-31(40)32-6)17-28-34-24-13-12-23(20(3)4)16-27(24)41-28;/h12-13,16,20,22,25-26H,1-2,5,7-11,14-15,17-19H2,3-4,6H3,(H,33,38)(H,35,39)(H2,32,36,40);/q-2;+2/t25-,26+;/m0./s1. The Kier molecular flexibility index (Phi) is 15.6. The van der Waals surface area contributed by atoms with Gasteiger partial charge in [0.25, 0.3) is 0 Å². The van der Waals surface area contributed by atoms with Crippen molar-refractivity contribution in [3.8, 4) is 0 Å². The number of hydrogen-bond acceptors (Lipinski definition) is 6. The molecule has 0 bridgehead atoms. The molecule has 0 radical (unpaired) electrons. The van der Waals surface area contributed by atoms with Gasteiger partial charge in [0.1, 0.15) is 6.04 Å². The number of thiazole rings is 1. The van der Waals surface area contributed by atoms with Crippen LogP contribution in [-0.4, -0.2) is 73.0 Å². The molecule has 1 aliphatic heterocycles. The summed E-state index contributed by atoms with van der Waals surface area (Å²) in [7, 11) is 1.51. The zero-order chi connectivity index (χ0) is 29.9. The van der Waals surface area contributed by atoms with E-state index in [1.54, 1.807) is 0 Å². The van der Waals surface area contributed by atoms with E-state index in [1.165, 1.54) is 30.4 Å². The molecule has 9 nitrogen and oxygen atoms in total. The second kappa shape index (κ2) is 18.0. The average molecular weight is 821 g/mol. The minimum atomic E-state index is -0.859. The third-order valence-electron chi connectivity index (χ3n) is 7.66. The van der Waals surface area contributed by atoms with E-state index < -0.39 is 18.1 Å². The molecule has 2 heterocycles. The summed E-state index contributed by atoms with van der Waals surface area (Å²) >= 11 is 1.52. The van der Waals surface area contributed by atoms with Gasteiger partial charge in [-0.1, -0.05) is 38.8 Å². The Morgan fingerprint density at radius 3 is 2.40 bits per heavy atom. The van der Waals surface area contributed by atoms with Crippen molar-refractivity contribution in [3.63, 3.8) is 0 Å². The number of carbonyl (C=O) groups excluding carboxylic acids is 3. The van der Waals surface area contributed by atoms with Gasteiger partial charge in [0.05, 0.1) is 15.2 Å². The summed E-state index contributed by atoms with van der Waals surface area (Å²) < 4.78 is 1.05. The minimum Gasteiger partial charge on any atom is -0.350 e. The van der Waals surface area contributed by atoms with Gasteiger partial charge < -0.3 is 35.1 Å². The molecule has 42 heavy (non-hydrogen) atoms. The van der Waals surface area contributed by atoms with Gasteiger partial charge in [0, 0.05) is 38.2 Å². The fourth-order valence-electron chi connectivity index (χ4n) is 5.00. The van der Waals surface area contributed by atoms with Crippen molar-refractivity contribution in [2.24, 2.45) is 5.92 Å². The first-order valence-electron chi connectivity index (χ1n) is 14.6. The number of fused-ring (bicyclic) bond motifs is 1. The molecule has 1 aromatic carbocycles. The molecular weight excluding hydrogens is 774 g/mol. The quantitative estimate of drug-likeness (QED) is 0.170. The predicted octanol–water partition coefficient (Wildman–Crippen LogP) is 3.97. The molecule has 0 unspecified atom stereocenters. The van der Waals surface area contributed by atoms with Crippen molar-refractivity contribution in [2.45, 2.75) is 70.4 Å². The van der Waals surface area contributed by atoms with E-state index in [-0.39, 0.29) is 61.8 Å². The van der Waals surface area contributed by atoms with Crippen LogP contribution in [0.15, 0.2) is 30.4 Å². The van der Waals surface area contributed by atoms with Gasteiger partial charge in [-0.25, -0.2) is 9.78 Å². The van der Waals surface area contributed by atoms with Gasteiger partial charge in [-0.3, -0.25) is 14.5 Å². The largest absolute Gasteiger partial charge is 2.00 e. The summed E-state index contributed by atoms with van der Waals surface area (Å²) in [5.41, 5.74) is 2.60. The minimum absolute atomic E-state index is 0. The molecule has 3 rings (SSSR count). The van der Waals surface area contributed by atoms with Crippen LogP contribution >= 0.6 is 11.3 Å². The van der Waals surface area contributed by atoms with Crippen molar-refractivity contribution in [2.75, 3.05) is 33.2 Å². The number of hydrogen-bond donors (Lipinski definition) is 4. The van der Waals surface area contributed by atoms with Crippen LogP contribution in [0.4, 0.5) is 4.79 Å². The van der Waals surface area contributed by atoms with Crippen molar-refractivity contribution in [1.29, 1.82) is 0 Å². The monoisotopic (exact) mass is 820 g/mol. The molecule has 228 valence electrons. The molecule has 0 aliphatic carbocycles. The van der Waals surface area contributed by atoms with Crippen LogP contribution in [0.5, 0.6) is 0 Å². The van der Waals surface area contributed by atoms with E-state index in [1.807, 2.05) is 6.07 Å². The van der Waals surface area contributed by atoms with Gasteiger partial charge in [-0.05, 0) is 49.5 Å². The van der Waals surface area contributed by atoms with Gasteiger partial charge in [0.2, 0.25) is 11.8 Å². The van der Waals surface area contributed by atoms with Gasteiger partial charge in [-0.2, -0.15) is 12.8 Å². The first-order valence-corrected chi connectivity index (χ1v) is 15.4. The van der Waals surface area contributed by atoms with Crippen LogP contribution in [0.1, 0.15) is 62.4 Å². The summed E-state index contributed by atoms with van der Waals surface area (Å²) in [6.45, 7) is 19.0. The Hall–Kier alpha value is -1.93. The fraction of sp³-hybridized carbons (Fsp3) is 0.548. The topological polar surface area (TPSA) is 115 Å². The number of amides is 4. The third-order valence-corrected chi connectivity index (χ3v) is 8.70. The molecule has 0 spiro atoms. The Morgan fingerprint density at radius 2 is 1.79 bits per heavy atom. The number of benzene rings is 1. The maximum Gasteiger partial charge on any atom is 2.00 e. The number of carbonyl (C=O) groups is 3. The normalized spacial score (nSPS) is 15.1. The van der Waals surface area contributed by atoms with Crippen LogP contribution in [-0.2, 0) is 16.0 Å². The van der Waals surface area contributed by atoms with Crippen LogP contribution in [0.25, 0.3) is 10.2 Å². The zero-order valence-electron chi connectivity index (χ0n) is 25.3. The van der Waals surface area contributed by atoms with E-state index in [0.29, 0.717) is 30.9 Å². The van der Waals surface area contributed by atoms with Crippen LogP contribution < -0.4 is 21.3 Å². The predicted molar refractivity (Wildman–Crippen MR) is 167 cm³/mol. The Labute approximate surface area is 278 Å². The summed E-state index contributed by atoms with van der Waals surface area (Å²) in [6, 6.07) is 4.47. The van der Waals surface area contributed by atoms with E-state index in [0.717, 1.165) is 41.2 Å². The second-order valence-electron chi connectivity index (χ2n) is 11.1. The summed E-state index contributed by atoms with van der Waals surface area (Å²) in [6.07, 6.45) is 4.80. The number of likely N-dealkylation sites (tertiary alicyclic amines) is 1. The molecule has 1 saturated heterocycles. The molecule has 4 amide bonds. The Balaban J connectivity index is 0.00000616. The van der Waals surface area contributed by atoms with E-state index in [9.17, 15) is 14.4 Å². The smallest absolute Gasteiger partial charge is 0.350 e. The van der Waals surface area contributed by atoms with Crippen LogP contribution in [0, 0.1) is 50.9 Å².